The molecule has 0 radical (unpaired) electrons. The van der Waals surface area contributed by atoms with E-state index in [1.54, 1.807) is 0 Å². The van der Waals surface area contributed by atoms with Gasteiger partial charge in [-0.05, 0) is 60.0 Å². The fourth-order valence-electron chi connectivity index (χ4n) is 7.42. The number of aromatic nitrogens is 2. The highest BCUT2D eigenvalue weighted by Crippen LogP contribution is 2.55. The third-order valence-electron chi connectivity index (χ3n) is 10.1. The Bertz CT molecular complexity index is 2330. The normalized spacial score (nSPS) is 14.9. The molecule has 4 amide bonds. The minimum atomic E-state index is -0.227. The molecule has 0 fully saturated rings. The molecular weight excluding hydrogens is 733 g/mol. The van der Waals surface area contributed by atoms with Crippen LogP contribution in [0.3, 0.4) is 0 Å². The van der Waals surface area contributed by atoms with E-state index in [0.29, 0.717) is 57.8 Å². The molecule has 0 saturated heterocycles. The molecule has 6 aromatic rings. The fraction of sp³-hybridized carbons (Fsp3) is 0.316. The van der Waals surface area contributed by atoms with Gasteiger partial charge in [0.15, 0.2) is 0 Å². The number of carbonyl (C=O) groups excluding carboxylic acids is 4. The lowest BCUT2D eigenvalue weighted by molar-refractivity contribution is 0.0636. The van der Waals surface area contributed by atoms with Crippen LogP contribution in [0.1, 0.15) is 107 Å². The zero-order chi connectivity index (χ0) is 35.7. The van der Waals surface area contributed by atoms with Gasteiger partial charge in [0.2, 0.25) is 0 Å². The molecule has 10 nitrogen and oxygen atoms in total. The van der Waals surface area contributed by atoms with Gasteiger partial charge in [0, 0.05) is 43.4 Å². The topological polar surface area (TPSA) is 125 Å². The molecule has 6 heterocycles. The van der Waals surface area contributed by atoms with Gasteiger partial charge < -0.3 is 0 Å². The van der Waals surface area contributed by atoms with Crippen LogP contribution in [-0.4, -0.2) is 55.3 Å². The van der Waals surface area contributed by atoms with E-state index in [4.69, 9.17) is 17.5 Å². The second-order valence-corrected chi connectivity index (χ2v) is 16.6. The molecule has 0 spiro atoms. The van der Waals surface area contributed by atoms with Gasteiger partial charge in [0.05, 0.1) is 45.3 Å². The summed E-state index contributed by atoms with van der Waals surface area (Å²) in [5.74, 6) is -0.904. The van der Waals surface area contributed by atoms with Gasteiger partial charge in [-0.25, -0.2) is 0 Å². The van der Waals surface area contributed by atoms with Crippen molar-refractivity contribution in [1.82, 2.24) is 18.5 Å². The molecule has 9 rings (SSSR count). The summed E-state index contributed by atoms with van der Waals surface area (Å²) in [6.07, 6.45) is 7.95. The first-order chi connectivity index (χ1) is 25.4. The van der Waals surface area contributed by atoms with Crippen LogP contribution in [-0.2, 0) is 11.4 Å². The lowest BCUT2D eigenvalue weighted by Gasteiger charge is -2.13. The summed E-state index contributed by atoms with van der Waals surface area (Å²) in [5.41, 5.74) is 6.27. The maximum absolute atomic E-state index is 13.3. The SMILES string of the molecule is CCCCCCN1C(=O)c2cc3cc(-c4c5c(c(-c6cc7cc8c(cc7s6)C(=O)N(CCCCCC)C8=O)c6nsnc46)N=S=N5)sc3cc2C1=O. The highest BCUT2D eigenvalue weighted by atomic mass is 32.1. The Kier molecular flexibility index (Phi) is 8.44. The zero-order valence-electron chi connectivity index (χ0n) is 28.5. The van der Waals surface area contributed by atoms with Gasteiger partial charge in [-0.1, -0.05) is 52.4 Å². The van der Waals surface area contributed by atoms with E-state index < -0.39 is 0 Å². The first-order valence-electron chi connectivity index (χ1n) is 17.7. The van der Waals surface area contributed by atoms with Gasteiger partial charge >= 0.3 is 0 Å². The molecule has 0 atom stereocenters. The molecule has 14 heteroatoms. The average molecular weight is 765 g/mol. The van der Waals surface area contributed by atoms with E-state index in [9.17, 15) is 19.2 Å². The number of nitrogens with zero attached hydrogens (tertiary/aromatic N) is 6. The first kappa shape index (κ1) is 33.3. The van der Waals surface area contributed by atoms with Gasteiger partial charge in [0.25, 0.3) is 23.6 Å². The molecule has 0 aliphatic carbocycles. The predicted octanol–water partition coefficient (Wildman–Crippen LogP) is 10.5. The van der Waals surface area contributed by atoms with Gasteiger partial charge in [-0.15, -0.1) is 22.7 Å². The summed E-state index contributed by atoms with van der Waals surface area (Å²) in [6.45, 7) is 5.16. The molecule has 3 aromatic carbocycles. The monoisotopic (exact) mass is 764 g/mol. The average Bonchev–Trinajstić information content (AvgIpc) is 4.00. The second kappa shape index (κ2) is 13.2. The van der Waals surface area contributed by atoms with Crippen LogP contribution >= 0.6 is 34.4 Å². The van der Waals surface area contributed by atoms with E-state index in [1.165, 1.54) is 32.5 Å². The van der Waals surface area contributed by atoms with Crippen molar-refractivity contribution >= 4 is 112 Å². The standard InChI is InChI=1S/C38H32N6O4S4/c1-3-5-7-9-11-43-35(45)21-13-19-15-27(49-25(19)17-23(21)37(43)47)29-31-33(41-51-39-31)30(34-32(29)40-52-42-34)28-16-20-14-22-24(18-26(20)50-28)38(48)44(36(22)46)12-10-8-6-4-2/h13-18H,3-12H2,1-2H3. The minimum Gasteiger partial charge on any atom is -0.274 e. The summed E-state index contributed by atoms with van der Waals surface area (Å²) in [4.78, 5) is 57.8. The van der Waals surface area contributed by atoms with Crippen molar-refractivity contribution in [3.05, 3.63) is 58.7 Å². The van der Waals surface area contributed by atoms with Crippen LogP contribution in [0, 0.1) is 0 Å². The highest BCUT2D eigenvalue weighted by Gasteiger charge is 2.37. The number of fused-ring (bicyclic) bond motifs is 6. The van der Waals surface area contributed by atoms with E-state index in [1.807, 2.05) is 36.4 Å². The molecule has 3 aliphatic rings. The molecule has 0 unspecified atom stereocenters. The lowest BCUT2D eigenvalue weighted by Crippen LogP contribution is -2.30. The van der Waals surface area contributed by atoms with Crippen LogP contribution in [0.4, 0.5) is 11.4 Å². The molecule has 0 bridgehead atoms. The molecule has 0 saturated carbocycles. The van der Waals surface area contributed by atoms with E-state index in [0.717, 1.165) is 116 Å². The van der Waals surface area contributed by atoms with Crippen molar-refractivity contribution in [3.63, 3.8) is 0 Å². The largest absolute Gasteiger partial charge is 0.274 e. The highest BCUT2D eigenvalue weighted by molar-refractivity contribution is 7.58. The summed E-state index contributed by atoms with van der Waals surface area (Å²) < 4.78 is 20.8. The number of hydrogen-bond donors (Lipinski definition) is 0. The number of carbonyl (C=O) groups is 4. The van der Waals surface area contributed by atoms with Gasteiger partial charge in [0.1, 0.15) is 22.4 Å². The number of imide groups is 2. The molecule has 262 valence electrons. The summed E-state index contributed by atoms with van der Waals surface area (Å²) >= 11 is 5.31. The Hall–Kier alpha value is -4.50. The fourth-order valence-corrected chi connectivity index (χ4v) is 10.8. The molecule has 3 aromatic heterocycles. The second-order valence-electron chi connectivity index (χ2n) is 13.4. The number of hydrogen-bond acceptors (Lipinski definition) is 11. The number of thiophene rings is 2. The number of benzene rings is 3. The van der Waals surface area contributed by atoms with Crippen molar-refractivity contribution < 1.29 is 19.2 Å². The van der Waals surface area contributed by atoms with Crippen molar-refractivity contribution in [3.8, 4) is 20.9 Å². The maximum Gasteiger partial charge on any atom is 0.261 e. The molecule has 52 heavy (non-hydrogen) atoms. The number of unbranched alkanes of at least 4 members (excludes halogenated alkanes) is 6. The smallest absolute Gasteiger partial charge is 0.261 e. The van der Waals surface area contributed by atoms with Crippen LogP contribution in [0.2, 0.25) is 0 Å². The van der Waals surface area contributed by atoms with Crippen molar-refractivity contribution in [2.45, 2.75) is 65.2 Å². The Morgan fingerprint density at radius 1 is 0.538 bits per heavy atom. The van der Waals surface area contributed by atoms with Crippen LogP contribution < -0.4 is 0 Å². The Morgan fingerprint density at radius 3 is 1.38 bits per heavy atom. The Labute approximate surface area is 314 Å². The van der Waals surface area contributed by atoms with Crippen LogP contribution in [0.5, 0.6) is 0 Å². The Morgan fingerprint density at radius 2 is 0.962 bits per heavy atom. The number of rotatable bonds is 12. The zero-order valence-corrected chi connectivity index (χ0v) is 31.8. The summed E-state index contributed by atoms with van der Waals surface area (Å²) in [6, 6.07) is 11.5. The van der Waals surface area contributed by atoms with Crippen molar-refractivity contribution in [2.75, 3.05) is 13.1 Å². The third-order valence-corrected chi connectivity index (χ3v) is 13.4. The van der Waals surface area contributed by atoms with Crippen LogP contribution in [0.15, 0.2) is 45.1 Å². The van der Waals surface area contributed by atoms with E-state index in [2.05, 4.69) is 13.8 Å². The predicted molar refractivity (Wildman–Crippen MR) is 210 cm³/mol. The third kappa shape index (κ3) is 5.21. The quantitative estimate of drug-likeness (QED) is 0.0901. The molecule has 0 N–H and O–H groups in total. The van der Waals surface area contributed by atoms with Crippen molar-refractivity contribution in [2.24, 2.45) is 8.73 Å². The maximum atomic E-state index is 13.3. The van der Waals surface area contributed by atoms with Gasteiger partial charge in [-0.3, -0.25) is 29.0 Å². The van der Waals surface area contributed by atoms with Crippen molar-refractivity contribution in [1.29, 1.82) is 0 Å². The summed E-state index contributed by atoms with van der Waals surface area (Å²) in [7, 11) is 0. The Balaban J connectivity index is 1.08. The summed E-state index contributed by atoms with van der Waals surface area (Å²) in [5, 5.41) is 1.76. The minimum absolute atomic E-state index is 0.225. The number of amides is 4. The lowest BCUT2D eigenvalue weighted by atomic mass is 9.99. The molecular formula is C38H32N6O4S4. The molecule has 3 aliphatic heterocycles. The van der Waals surface area contributed by atoms with Crippen LogP contribution in [0.25, 0.3) is 52.1 Å². The van der Waals surface area contributed by atoms with E-state index >= 15 is 0 Å². The van der Waals surface area contributed by atoms with Gasteiger partial charge in [-0.2, -0.15) is 17.5 Å². The first-order valence-corrected chi connectivity index (χ1v) is 20.8. The van der Waals surface area contributed by atoms with E-state index in [-0.39, 0.29) is 23.6 Å².